The molecule has 0 bridgehead atoms. The van der Waals surface area contributed by atoms with E-state index < -0.39 is 5.60 Å². The predicted molar refractivity (Wildman–Crippen MR) is 79.2 cm³/mol. The van der Waals surface area contributed by atoms with Crippen LogP contribution in [0, 0.1) is 5.92 Å². The van der Waals surface area contributed by atoms with Gasteiger partial charge in [-0.3, -0.25) is 0 Å². The highest BCUT2D eigenvalue weighted by molar-refractivity contribution is 5.68. The molecular formula is C16H29NO2. The number of carbonyl (C=O) groups is 1. The van der Waals surface area contributed by atoms with Crippen LogP contribution in [0.3, 0.4) is 0 Å². The summed E-state index contributed by atoms with van der Waals surface area (Å²) in [6.07, 6.45) is 10.3. The van der Waals surface area contributed by atoms with Gasteiger partial charge in [0.05, 0.1) is 0 Å². The van der Waals surface area contributed by atoms with Crippen molar-refractivity contribution in [1.82, 2.24) is 4.90 Å². The number of hydrogen-bond acceptors (Lipinski definition) is 2. The minimum atomic E-state index is -0.409. The first-order valence-corrected chi connectivity index (χ1v) is 7.55. The highest BCUT2D eigenvalue weighted by atomic mass is 16.6. The van der Waals surface area contributed by atoms with E-state index in [-0.39, 0.29) is 6.09 Å². The maximum absolute atomic E-state index is 12.1. The summed E-state index contributed by atoms with van der Waals surface area (Å²) in [6, 6.07) is 0. The molecule has 1 aliphatic rings. The monoisotopic (exact) mass is 267 g/mol. The zero-order valence-corrected chi connectivity index (χ0v) is 12.9. The van der Waals surface area contributed by atoms with Gasteiger partial charge in [-0.2, -0.15) is 0 Å². The normalized spacial score (nSPS) is 22.2. The molecule has 1 unspecified atom stereocenters. The Morgan fingerprint density at radius 2 is 1.95 bits per heavy atom. The molecule has 3 heteroatoms. The van der Waals surface area contributed by atoms with Crippen molar-refractivity contribution in [2.24, 2.45) is 5.92 Å². The Bertz CT molecular complexity index is 304. The molecule has 1 amide bonds. The molecule has 0 heterocycles. The first-order chi connectivity index (χ1) is 8.92. The molecule has 0 saturated carbocycles. The van der Waals surface area contributed by atoms with Crippen LogP contribution >= 0.6 is 0 Å². The fourth-order valence-corrected chi connectivity index (χ4v) is 2.39. The van der Waals surface area contributed by atoms with E-state index in [1.165, 1.54) is 25.7 Å². The van der Waals surface area contributed by atoms with Crippen molar-refractivity contribution in [3.05, 3.63) is 12.2 Å². The number of hydrogen-bond donors (Lipinski definition) is 0. The molecule has 0 aromatic carbocycles. The van der Waals surface area contributed by atoms with Crippen LogP contribution in [0.25, 0.3) is 0 Å². The van der Waals surface area contributed by atoms with E-state index in [4.69, 9.17) is 4.74 Å². The van der Waals surface area contributed by atoms with Gasteiger partial charge in [-0.15, -0.1) is 0 Å². The molecule has 19 heavy (non-hydrogen) atoms. The Morgan fingerprint density at radius 3 is 2.58 bits per heavy atom. The summed E-state index contributed by atoms with van der Waals surface area (Å²) >= 11 is 0. The van der Waals surface area contributed by atoms with E-state index in [0.717, 1.165) is 19.5 Å². The SMILES string of the molecule is CCN(CC1CC/C=C\CCC1)C(=O)OC(C)(C)C. The molecule has 0 aromatic heterocycles. The van der Waals surface area contributed by atoms with Crippen molar-refractivity contribution in [2.75, 3.05) is 13.1 Å². The van der Waals surface area contributed by atoms with Gasteiger partial charge in [-0.05, 0) is 65.7 Å². The van der Waals surface area contributed by atoms with Crippen molar-refractivity contribution >= 4 is 6.09 Å². The fraction of sp³-hybridized carbons (Fsp3) is 0.812. The Morgan fingerprint density at radius 1 is 1.26 bits per heavy atom. The molecule has 1 atom stereocenters. The van der Waals surface area contributed by atoms with Gasteiger partial charge in [0.25, 0.3) is 0 Å². The molecule has 0 aliphatic heterocycles. The van der Waals surface area contributed by atoms with Crippen molar-refractivity contribution in [2.45, 2.75) is 65.4 Å². The average Bonchev–Trinajstić information content (AvgIpc) is 2.25. The highest BCUT2D eigenvalue weighted by Gasteiger charge is 2.23. The first kappa shape index (κ1) is 16.1. The maximum Gasteiger partial charge on any atom is 0.410 e. The van der Waals surface area contributed by atoms with Crippen LogP contribution in [0.2, 0.25) is 0 Å². The lowest BCUT2D eigenvalue weighted by atomic mass is 9.93. The standard InChI is InChI=1S/C16H29NO2/c1-5-17(15(18)19-16(2,3)4)13-14-11-9-7-6-8-10-12-14/h6-7,14H,5,8-13H2,1-4H3/b7-6-. The number of allylic oxidation sites excluding steroid dienone is 2. The van der Waals surface area contributed by atoms with Gasteiger partial charge in [0, 0.05) is 13.1 Å². The second-order valence-corrected chi connectivity index (χ2v) is 6.36. The van der Waals surface area contributed by atoms with Gasteiger partial charge in [0.15, 0.2) is 0 Å². The lowest BCUT2D eigenvalue weighted by Gasteiger charge is -2.29. The van der Waals surface area contributed by atoms with Gasteiger partial charge in [0.1, 0.15) is 5.60 Å². The molecule has 1 rings (SSSR count). The summed E-state index contributed by atoms with van der Waals surface area (Å²) < 4.78 is 5.46. The molecule has 0 fully saturated rings. The van der Waals surface area contributed by atoms with Crippen LogP contribution in [0.15, 0.2) is 12.2 Å². The minimum Gasteiger partial charge on any atom is -0.444 e. The summed E-state index contributed by atoms with van der Waals surface area (Å²) in [5.41, 5.74) is -0.409. The van der Waals surface area contributed by atoms with E-state index in [1.54, 1.807) is 0 Å². The molecule has 0 spiro atoms. The summed E-state index contributed by atoms with van der Waals surface area (Å²) in [6.45, 7) is 9.32. The number of carbonyl (C=O) groups excluding carboxylic acids is 1. The lowest BCUT2D eigenvalue weighted by molar-refractivity contribution is 0.0225. The van der Waals surface area contributed by atoms with Crippen LogP contribution in [0.4, 0.5) is 4.79 Å². The number of nitrogens with zero attached hydrogens (tertiary/aromatic N) is 1. The van der Waals surface area contributed by atoms with Crippen molar-refractivity contribution in [1.29, 1.82) is 0 Å². The topological polar surface area (TPSA) is 29.5 Å². The van der Waals surface area contributed by atoms with Crippen LogP contribution in [-0.4, -0.2) is 29.7 Å². The Labute approximate surface area is 118 Å². The number of amides is 1. The van der Waals surface area contributed by atoms with E-state index in [1.807, 2.05) is 32.6 Å². The first-order valence-electron chi connectivity index (χ1n) is 7.55. The summed E-state index contributed by atoms with van der Waals surface area (Å²) in [7, 11) is 0. The molecule has 110 valence electrons. The molecule has 0 radical (unpaired) electrons. The summed E-state index contributed by atoms with van der Waals surface area (Å²) in [5.74, 6) is 0.609. The van der Waals surface area contributed by atoms with Gasteiger partial charge in [-0.1, -0.05) is 12.2 Å². The van der Waals surface area contributed by atoms with Crippen LogP contribution in [0.5, 0.6) is 0 Å². The second-order valence-electron chi connectivity index (χ2n) is 6.36. The third-order valence-electron chi connectivity index (χ3n) is 3.40. The van der Waals surface area contributed by atoms with Gasteiger partial charge in [0.2, 0.25) is 0 Å². The van der Waals surface area contributed by atoms with Gasteiger partial charge >= 0.3 is 6.09 Å². The van der Waals surface area contributed by atoms with Crippen LogP contribution in [-0.2, 0) is 4.74 Å². The van der Waals surface area contributed by atoms with Gasteiger partial charge in [-0.25, -0.2) is 4.79 Å². The quantitative estimate of drug-likeness (QED) is 0.710. The predicted octanol–water partition coefficient (Wildman–Crippen LogP) is 4.38. The van der Waals surface area contributed by atoms with Crippen molar-refractivity contribution in [3.8, 4) is 0 Å². The number of rotatable bonds is 3. The third kappa shape index (κ3) is 6.65. The van der Waals surface area contributed by atoms with E-state index in [9.17, 15) is 4.79 Å². The summed E-state index contributed by atoms with van der Waals surface area (Å²) in [5, 5.41) is 0. The Balaban J connectivity index is 2.50. The smallest absolute Gasteiger partial charge is 0.410 e. The largest absolute Gasteiger partial charge is 0.444 e. The molecular weight excluding hydrogens is 238 g/mol. The highest BCUT2D eigenvalue weighted by Crippen LogP contribution is 2.21. The van der Waals surface area contributed by atoms with Crippen LogP contribution < -0.4 is 0 Å². The van der Waals surface area contributed by atoms with Gasteiger partial charge < -0.3 is 9.64 Å². The number of ether oxygens (including phenoxy) is 1. The molecule has 1 aliphatic carbocycles. The van der Waals surface area contributed by atoms with E-state index >= 15 is 0 Å². The third-order valence-corrected chi connectivity index (χ3v) is 3.40. The molecule has 0 saturated heterocycles. The zero-order chi connectivity index (χ0) is 14.3. The van der Waals surface area contributed by atoms with Crippen LogP contribution in [0.1, 0.15) is 59.8 Å². The van der Waals surface area contributed by atoms with Crippen molar-refractivity contribution in [3.63, 3.8) is 0 Å². The van der Waals surface area contributed by atoms with E-state index in [2.05, 4.69) is 12.2 Å². The minimum absolute atomic E-state index is 0.174. The second kappa shape index (κ2) is 7.56. The fourth-order valence-electron chi connectivity index (χ4n) is 2.39. The maximum atomic E-state index is 12.1. The van der Waals surface area contributed by atoms with Crippen molar-refractivity contribution < 1.29 is 9.53 Å². The molecule has 0 aromatic rings. The summed E-state index contributed by atoms with van der Waals surface area (Å²) in [4.78, 5) is 14.0. The average molecular weight is 267 g/mol. The Kier molecular flexibility index (Phi) is 6.40. The lowest BCUT2D eigenvalue weighted by Crippen LogP contribution is -2.39. The molecule has 0 N–H and O–H groups in total. The molecule has 3 nitrogen and oxygen atoms in total. The Hall–Kier alpha value is -0.990. The zero-order valence-electron chi connectivity index (χ0n) is 12.9. The van der Waals surface area contributed by atoms with E-state index in [0.29, 0.717) is 5.92 Å².